The Morgan fingerprint density at radius 2 is 2.00 bits per heavy atom. The fraction of sp³-hybridized carbons (Fsp3) is 0.500. The molecule has 0 aliphatic carbocycles. The summed E-state index contributed by atoms with van der Waals surface area (Å²) in [6.07, 6.45) is 3.05. The van der Waals surface area contributed by atoms with Crippen LogP contribution in [0.1, 0.15) is 43.6 Å². The first-order valence-corrected chi connectivity index (χ1v) is 9.95. The molecule has 1 amide bonds. The molecule has 2 heterocycles. The number of benzene rings is 1. The number of carbonyl (C=O) groups is 1. The molecule has 25 heavy (non-hydrogen) atoms. The van der Waals surface area contributed by atoms with Gasteiger partial charge in [0.1, 0.15) is 0 Å². The van der Waals surface area contributed by atoms with Crippen molar-refractivity contribution in [3.05, 3.63) is 47.3 Å². The Kier molecular flexibility index (Phi) is 5.84. The zero-order valence-electron chi connectivity index (χ0n) is 15.3. The van der Waals surface area contributed by atoms with Crippen LogP contribution in [0.3, 0.4) is 0 Å². The first-order valence-electron chi connectivity index (χ1n) is 9.07. The van der Waals surface area contributed by atoms with Crippen LogP contribution in [-0.4, -0.2) is 39.1 Å². The van der Waals surface area contributed by atoms with Crippen molar-refractivity contribution in [1.29, 1.82) is 0 Å². The monoisotopic (exact) mass is 357 g/mol. The minimum atomic E-state index is -0.108. The second-order valence-corrected chi connectivity index (χ2v) is 8.37. The Morgan fingerprint density at radius 1 is 1.32 bits per heavy atom. The zero-order chi connectivity index (χ0) is 17.8. The Morgan fingerprint density at radius 3 is 2.68 bits per heavy atom. The molecule has 0 bridgehead atoms. The third-order valence-corrected chi connectivity index (χ3v) is 5.88. The van der Waals surface area contributed by atoms with Crippen molar-refractivity contribution in [1.82, 2.24) is 14.9 Å². The number of piperidine rings is 1. The summed E-state index contributed by atoms with van der Waals surface area (Å²) in [4.78, 5) is 22.7. The number of aromatic nitrogens is 2. The van der Waals surface area contributed by atoms with Crippen LogP contribution in [0.2, 0.25) is 0 Å². The molecule has 1 unspecified atom stereocenters. The highest BCUT2D eigenvalue weighted by molar-refractivity contribution is 8.00. The molecule has 1 aromatic carbocycles. The van der Waals surface area contributed by atoms with E-state index in [1.54, 1.807) is 0 Å². The Hall–Kier alpha value is -1.75. The molecular weight excluding hydrogens is 330 g/mol. The van der Waals surface area contributed by atoms with E-state index in [2.05, 4.69) is 24.0 Å². The molecule has 1 fully saturated rings. The van der Waals surface area contributed by atoms with Crippen LogP contribution in [0.5, 0.6) is 0 Å². The van der Waals surface area contributed by atoms with Crippen molar-refractivity contribution >= 4 is 17.7 Å². The van der Waals surface area contributed by atoms with Crippen molar-refractivity contribution in [3.63, 3.8) is 0 Å². The van der Waals surface area contributed by atoms with Gasteiger partial charge in [0.05, 0.1) is 10.9 Å². The van der Waals surface area contributed by atoms with Gasteiger partial charge in [-0.15, -0.1) is 0 Å². The predicted octanol–water partition coefficient (Wildman–Crippen LogP) is 4.05. The molecule has 1 N–H and O–H groups in total. The number of H-pyrrole nitrogens is 1. The molecule has 3 rings (SSSR count). The van der Waals surface area contributed by atoms with Gasteiger partial charge in [-0.1, -0.05) is 49.0 Å². The molecule has 1 aliphatic heterocycles. The van der Waals surface area contributed by atoms with Crippen molar-refractivity contribution < 1.29 is 4.79 Å². The highest BCUT2D eigenvalue weighted by atomic mass is 32.2. The highest BCUT2D eigenvalue weighted by Gasteiger charge is 2.26. The summed E-state index contributed by atoms with van der Waals surface area (Å²) < 4.78 is 0. The van der Waals surface area contributed by atoms with E-state index in [-0.39, 0.29) is 11.2 Å². The van der Waals surface area contributed by atoms with E-state index in [0.29, 0.717) is 0 Å². The minimum absolute atomic E-state index is 0.108. The van der Waals surface area contributed by atoms with Gasteiger partial charge in [0.25, 0.3) is 0 Å². The molecule has 1 aliphatic rings. The van der Waals surface area contributed by atoms with Crippen molar-refractivity contribution in [2.45, 2.75) is 50.4 Å². The van der Waals surface area contributed by atoms with Crippen molar-refractivity contribution in [2.24, 2.45) is 5.92 Å². The lowest BCUT2D eigenvalue weighted by Crippen LogP contribution is -2.41. The zero-order valence-corrected chi connectivity index (χ0v) is 16.1. The first-order chi connectivity index (χ1) is 12.0. The summed E-state index contributed by atoms with van der Waals surface area (Å²) in [6, 6.07) is 10.4. The van der Waals surface area contributed by atoms with Crippen LogP contribution in [0.25, 0.3) is 0 Å². The molecule has 1 atom stereocenters. The van der Waals surface area contributed by atoms with E-state index in [0.717, 1.165) is 54.8 Å². The molecule has 0 saturated carbocycles. The average Bonchev–Trinajstić information content (AvgIpc) is 2.95. The van der Waals surface area contributed by atoms with Gasteiger partial charge in [-0.3, -0.25) is 4.79 Å². The Labute approximate surface area is 154 Å². The molecule has 2 aromatic rings. The second kappa shape index (κ2) is 8.09. The molecule has 134 valence electrons. The molecule has 4 nitrogen and oxygen atoms in total. The minimum Gasteiger partial charge on any atom is -0.342 e. The second-order valence-electron chi connectivity index (χ2n) is 7.04. The van der Waals surface area contributed by atoms with E-state index in [1.165, 1.54) is 17.3 Å². The number of aromatic amines is 1. The third-order valence-electron chi connectivity index (χ3n) is 4.91. The number of hydrogen-bond donors (Lipinski definition) is 1. The predicted molar refractivity (Wildman–Crippen MR) is 103 cm³/mol. The lowest BCUT2D eigenvalue weighted by atomic mass is 9.99. The fourth-order valence-corrected chi connectivity index (χ4v) is 4.15. The molecular formula is C20H27N3OS. The van der Waals surface area contributed by atoms with E-state index in [9.17, 15) is 4.79 Å². The van der Waals surface area contributed by atoms with Gasteiger partial charge in [-0.25, -0.2) is 4.98 Å². The number of amides is 1. The SMILES string of the molecule is Cc1[nH]c(SC(C)C(=O)N2CCC(C)CC2)nc1Cc1ccccc1. The number of nitrogens with one attached hydrogen (secondary N) is 1. The van der Waals surface area contributed by atoms with Gasteiger partial charge in [-0.05, 0) is 38.2 Å². The van der Waals surface area contributed by atoms with Crippen molar-refractivity contribution in [3.8, 4) is 0 Å². The van der Waals surface area contributed by atoms with Crippen LogP contribution in [0.15, 0.2) is 35.5 Å². The molecule has 0 spiro atoms. The Balaban J connectivity index is 1.61. The van der Waals surface area contributed by atoms with Crippen LogP contribution in [0, 0.1) is 12.8 Å². The largest absolute Gasteiger partial charge is 0.342 e. The number of aryl methyl sites for hydroxylation is 1. The molecule has 1 aromatic heterocycles. The third kappa shape index (κ3) is 4.66. The van der Waals surface area contributed by atoms with Crippen LogP contribution < -0.4 is 0 Å². The smallest absolute Gasteiger partial charge is 0.235 e. The van der Waals surface area contributed by atoms with E-state index in [4.69, 9.17) is 4.98 Å². The van der Waals surface area contributed by atoms with Crippen LogP contribution >= 0.6 is 11.8 Å². The summed E-state index contributed by atoms with van der Waals surface area (Å²) in [5, 5.41) is 0.734. The Bertz CT molecular complexity index is 705. The fourth-order valence-electron chi connectivity index (χ4n) is 3.19. The molecule has 5 heteroatoms. The number of thioether (sulfide) groups is 1. The number of hydrogen-bond acceptors (Lipinski definition) is 3. The van der Waals surface area contributed by atoms with Gasteiger partial charge in [0, 0.05) is 25.2 Å². The topological polar surface area (TPSA) is 49.0 Å². The lowest BCUT2D eigenvalue weighted by molar-refractivity contribution is -0.131. The van der Waals surface area contributed by atoms with Gasteiger partial charge < -0.3 is 9.88 Å². The van der Waals surface area contributed by atoms with Crippen molar-refractivity contribution in [2.75, 3.05) is 13.1 Å². The van der Waals surface area contributed by atoms with E-state index < -0.39 is 0 Å². The molecule has 0 radical (unpaired) electrons. The van der Waals surface area contributed by atoms with Gasteiger partial charge >= 0.3 is 0 Å². The summed E-state index contributed by atoms with van der Waals surface area (Å²) in [7, 11) is 0. The maximum atomic E-state index is 12.7. The van der Waals surface area contributed by atoms with E-state index >= 15 is 0 Å². The summed E-state index contributed by atoms with van der Waals surface area (Å²) in [5.74, 6) is 0.968. The number of imidazole rings is 1. The number of carbonyl (C=O) groups excluding carboxylic acids is 1. The molecule has 1 saturated heterocycles. The van der Waals surface area contributed by atoms with Gasteiger partial charge in [0.2, 0.25) is 5.91 Å². The maximum absolute atomic E-state index is 12.7. The standard InChI is InChI=1S/C20H27N3OS/c1-14-9-11-23(12-10-14)19(24)16(3)25-20-21-15(2)18(22-20)13-17-7-5-4-6-8-17/h4-8,14,16H,9-13H2,1-3H3,(H,21,22). The highest BCUT2D eigenvalue weighted by Crippen LogP contribution is 2.26. The number of nitrogens with zero attached hydrogens (tertiary/aromatic N) is 2. The summed E-state index contributed by atoms with van der Waals surface area (Å²) >= 11 is 1.53. The van der Waals surface area contributed by atoms with Gasteiger partial charge in [-0.2, -0.15) is 0 Å². The maximum Gasteiger partial charge on any atom is 0.235 e. The average molecular weight is 358 g/mol. The normalized spacial score (nSPS) is 16.8. The number of likely N-dealkylation sites (tertiary alicyclic amines) is 1. The lowest BCUT2D eigenvalue weighted by Gasteiger charge is -2.31. The van der Waals surface area contributed by atoms with Gasteiger partial charge in [0.15, 0.2) is 5.16 Å². The summed E-state index contributed by atoms with van der Waals surface area (Å²) in [5.41, 5.74) is 3.39. The van der Waals surface area contributed by atoms with Crippen LogP contribution in [-0.2, 0) is 11.2 Å². The van der Waals surface area contributed by atoms with Crippen LogP contribution in [0.4, 0.5) is 0 Å². The number of rotatable bonds is 5. The van der Waals surface area contributed by atoms with E-state index in [1.807, 2.05) is 36.9 Å². The quantitative estimate of drug-likeness (QED) is 0.821. The first kappa shape index (κ1) is 18.1. The summed E-state index contributed by atoms with van der Waals surface area (Å²) in [6.45, 7) is 8.08.